The van der Waals surface area contributed by atoms with Gasteiger partial charge in [-0.25, -0.2) is 0 Å². The minimum Gasteiger partial charge on any atom is -0.394 e. The zero-order chi connectivity index (χ0) is 17.4. The third-order valence-electron chi connectivity index (χ3n) is 3.96. The van der Waals surface area contributed by atoms with Crippen LogP contribution in [0.25, 0.3) is 0 Å². The molecule has 0 radical (unpaired) electrons. The first-order valence-corrected chi connectivity index (χ1v) is 8.42. The Kier molecular flexibility index (Phi) is 6.77. The van der Waals surface area contributed by atoms with E-state index < -0.39 is 66.6 Å². The molecule has 2 aliphatic heterocycles. The van der Waals surface area contributed by atoms with Gasteiger partial charge in [0.2, 0.25) is 5.79 Å². The predicted octanol–water partition coefficient (Wildman–Crippen LogP) is -1.66. The summed E-state index contributed by atoms with van der Waals surface area (Å²) in [5, 5.41) is 48.1. The van der Waals surface area contributed by atoms with Gasteiger partial charge in [-0.05, 0) is 0 Å². The largest absolute Gasteiger partial charge is 0.394 e. The summed E-state index contributed by atoms with van der Waals surface area (Å²) in [6.45, 7) is -0.526. The molecule has 8 nitrogen and oxygen atoms in total. The Morgan fingerprint density at radius 2 is 1.65 bits per heavy atom. The van der Waals surface area contributed by atoms with Gasteiger partial charge in [0.25, 0.3) is 0 Å². The van der Waals surface area contributed by atoms with Crippen molar-refractivity contribution in [2.75, 3.05) is 18.4 Å². The van der Waals surface area contributed by atoms with Crippen LogP contribution in [0.15, 0.2) is 0 Å². The average molecular weight is 398 g/mol. The molecule has 0 saturated carbocycles. The number of rotatable bonds is 5. The van der Waals surface area contributed by atoms with E-state index in [0.717, 1.165) is 0 Å². The highest BCUT2D eigenvalue weighted by Gasteiger charge is 2.58. The monoisotopic (exact) mass is 396 g/mol. The Bertz CT molecular complexity index is 403. The van der Waals surface area contributed by atoms with Crippen LogP contribution in [0.1, 0.15) is 0 Å². The lowest BCUT2D eigenvalue weighted by Gasteiger charge is -2.43. The minimum atomic E-state index is -1.90. The summed E-state index contributed by atoms with van der Waals surface area (Å²) in [7, 11) is 0. The van der Waals surface area contributed by atoms with Gasteiger partial charge < -0.3 is 39.7 Å². The van der Waals surface area contributed by atoms with Gasteiger partial charge in [0.1, 0.15) is 36.6 Å². The van der Waals surface area contributed by atoms with Crippen molar-refractivity contribution in [3.05, 3.63) is 0 Å². The van der Waals surface area contributed by atoms with Crippen LogP contribution in [0.2, 0.25) is 0 Å². The molecule has 0 aliphatic carbocycles. The van der Waals surface area contributed by atoms with Crippen molar-refractivity contribution in [1.29, 1.82) is 0 Å². The van der Waals surface area contributed by atoms with Gasteiger partial charge in [-0.3, -0.25) is 0 Å². The number of halogens is 3. The van der Waals surface area contributed by atoms with Crippen LogP contribution in [0.5, 0.6) is 0 Å². The van der Waals surface area contributed by atoms with Crippen LogP contribution in [0, 0.1) is 0 Å². The van der Waals surface area contributed by atoms with E-state index in [1.165, 1.54) is 0 Å². The molecule has 2 rings (SSSR count). The van der Waals surface area contributed by atoms with Gasteiger partial charge >= 0.3 is 0 Å². The molecule has 0 unspecified atom stereocenters. The number of aliphatic hydroxyl groups is 5. The van der Waals surface area contributed by atoms with Crippen molar-refractivity contribution in [3.8, 4) is 0 Å². The molecule has 2 saturated heterocycles. The first kappa shape index (κ1) is 19.9. The Hall–Kier alpha value is 0.550. The fraction of sp³-hybridized carbons (Fsp3) is 1.00. The van der Waals surface area contributed by atoms with Crippen LogP contribution in [-0.2, 0) is 14.2 Å². The fourth-order valence-corrected chi connectivity index (χ4v) is 3.37. The van der Waals surface area contributed by atoms with Crippen molar-refractivity contribution in [1.82, 2.24) is 0 Å². The zero-order valence-electron chi connectivity index (χ0n) is 11.8. The van der Waals surface area contributed by atoms with Gasteiger partial charge in [-0.15, -0.1) is 34.8 Å². The number of hydrogen-bond donors (Lipinski definition) is 5. The van der Waals surface area contributed by atoms with E-state index in [2.05, 4.69) is 0 Å². The van der Waals surface area contributed by atoms with Crippen molar-refractivity contribution in [3.63, 3.8) is 0 Å². The highest BCUT2D eigenvalue weighted by molar-refractivity contribution is 6.21. The Morgan fingerprint density at radius 1 is 1.00 bits per heavy atom. The smallest absolute Gasteiger partial charge is 0.214 e. The second kappa shape index (κ2) is 7.84. The van der Waals surface area contributed by atoms with E-state index in [-0.39, 0.29) is 5.88 Å². The molecule has 136 valence electrons. The molecule has 2 fully saturated rings. The summed E-state index contributed by atoms with van der Waals surface area (Å²) in [6, 6.07) is 0. The number of alkyl halides is 3. The Morgan fingerprint density at radius 3 is 2.13 bits per heavy atom. The molecule has 0 aromatic rings. The molecule has 0 spiro atoms. The van der Waals surface area contributed by atoms with E-state index in [4.69, 9.17) is 49.0 Å². The molecule has 2 aliphatic rings. The first-order valence-electron chi connectivity index (χ1n) is 6.91. The summed E-state index contributed by atoms with van der Waals surface area (Å²) in [5.74, 6) is -2.43. The van der Waals surface area contributed by atoms with Crippen LogP contribution in [0.4, 0.5) is 0 Å². The predicted molar refractivity (Wildman–Crippen MR) is 79.5 cm³/mol. The quantitative estimate of drug-likeness (QED) is 0.349. The standard InChI is InChI=1S/C12H19Cl3O8/c13-1-4-7(17)10(20)12(3-14,22-4)23-11-9(19)8(18)6(15)5(2-16)21-11/h4-11,16-20H,1-3H2/t4-,5+,6+,7+,8+,9-,10-,11-,12+/m1/s1. The van der Waals surface area contributed by atoms with Crippen molar-refractivity contribution in [2.24, 2.45) is 0 Å². The lowest BCUT2D eigenvalue weighted by Crippen LogP contribution is -2.61. The van der Waals surface area contributed by atoms with Crippen molar-refractivity contribution >= 4 is 34.8 Å². The van der Waals surface area contributed by atoms with E-state index >= 15 is 0 Å². The second-order valence-electron chi connectivity index (χ2n) is 5.46. The summed E-state index contributed by atoms with van der Waals surface area (Å²) in [5.41, 5.74) is 0. The fourth-order valence-electron chi connectivity index (χ4n) is 2.56. The highest BCUT2D eigenvalue weighted by atomic mass is 35.5. The van der Waals surface area contributed by atoms with E-state index in [0.29, 0.717) is 0 Å². The van der Waals surface area contributed by atoms with Crippen molar-refractivity contribution in [2.45, 2.75) is 54.1 Å². The van der Waals surface area contributed by atoms with Gasteiger partial charge in [0.05, 0.1) is 23.7 Å². The Balaban J connectivity index is 2.18. The number of aliphatic hydroxyl groups excluding tert-OH is 5. The van der Waals surface area contributed by atoms with E-state index in [1.54, 1.807) is 0 Å². The Labute approximate surface area is 147 Å². The zero-order valence-corrected chi connectivity index (χ0v) is 14.1. The lowest BCUT2D eigenvalue weighted by molar-refractivity contribution is -0.357. The van der Waals surface area contributed by atoms with Gasteiger partial charge in [-0.1, -0.05) is 0 Å². The number of hydrogen-bond acceptors (Lipinski definition) is 8. The van der Waals surface area contributed by atoms with Crippen LogP contribution >= 0.6 is 34.8 Å². The summed E-state index contributed by atoms with van der Waals surface area (Å²) >= 11 is 17.3. The molecule has 0 aromatic heterocycles. The average Bonchev–Trinajstić information content (AvgIpc) is 2.80. The summed E-state index contributed by atoms with van der Waals surface area (Å²) in [4.78, 5) is 0. The molecule has 2 heterocycles. The molecule has 23 heavy (non-hydrogen) atoms. The lowest BCUT2D eigenvalue weighted by atomic mass is 10.0. The number of ether oxygens (including phenoxy) is 3. The summed E-state index contributed by atoms with van der Waals surface area (Å²) in [6.07, 6.45) is -9.39. The molecule has 0 aromatic carbocycles. The maximum Gasteiger partial charge on any atom is 0.214 e. The molecule has 11 heteroatoms. The molecule has 0 bridgehead atoms. The summed E-state index contributed by atoms with van der Waals surface area (Å²) < 4.78 is 16.1. The first-order chi connectivity index (χ1) is 10.8. The van der Waals surface area contributed by atoms with Crippen molar-refractivity contribution < 1.29 is 39.7 Å². The third kappa shape index (κ3) is 3.58. The van der Waals surface area contributed by atoms with Crippen LogP contribution in [0.3, 0.4) is 0 Å². The third-order valence-corrected chi connectivity index (χ3v) is 5.17. The van der Waals surface area contributed by atoms with Gasteiger partial charge in [0.15, 0.2) is 6.29 Å². The molecular weight excluding hydrogens is 378 g/mol. The normalized spacial score (nSPS) is 51.1. The molecular formula is C12H19Cl3O8. The molecule has 0 amide bonds. The van der Waals surface area contributed by atoms with Gasteiger partial charge in [-0.2, -0.15) is 0 Å². The van der Waals surface area contributed by atoms with E-state index in [9.17, 15) is 25.5 Å². The SMILES string of the molecule is OC[C@@H]1O[C@H](O[C@]2(CCl)O[C@H](CCl)[C@H](O)[C@H]2O)[C@H](O)[C@@H](O)[C@H]1Cl. The highest BCUT2D eigenvalue weighted by Crippen LogP contribution is 2.37. The maximum atomic E-state index is 10.1. The van der Waals surface area contributed by atoms with Gasteiger partial charge in [0, 0.05) is 0 Å². The maximum absolute atomic E-state index is 10.1. The molecule has 9 atom stereocenters. The minimum absolute atomic E-state index is 0.125. The van der Waals surface area contributed by atoms with Crippen LogP contribution < -0.4 is 0 Å². The topological polar surface area (TPSA) is 129 Å². The van der Waals surface area contributed by atoms with E-state index in [1.807, 2.05) is 0 Å². The molecule has 5 N–H and O–H groups in total. The second-order valence-corrected chi connectivity index (χ2v) is 6.54. The van der Waals surface area contributed by atoms with Crippen LogP contribution in [-0.4, -0.2) is 98.0 Å².